The highest BCUT2D eigenvalue weighted by atomic mass is 32.2. The van der Waals surface area contributed by atoms with E-state index in [1.54, 1.807) is 0 Å². The number of aryl methyl sites for hydroxylation is 1. The Balaban J connectivity index is 1.44. The summed E-state index contributed by atoms with van der Waals surface area (Å²) in [6, 6.07) is 22.3. The second kappa shape index (κ2) is 9.88. The van der Waals surface area contributed by atoms with Crippen LogP contribution >= 0.6 is 11.8 Å². The SMILES string of the molecule is CCc1ccc(-c2ccc(SCC(=O)NCCc3ccccc3)nn2)cc1. The Labute approximate surface area is 164 Å². The lowest BCUT2D eigenvalue weighted by molar-refractivity contribution is -0.118. The molecule has 0 spiro atoms. The molecule has 2 aromatic carbocycles. The minimum Gasteiger partial charge on any atom is -0.355 e. The summed E-state index contributed by atoms with van der Waals surface area (Å²) in [5.41, 5.74) is 4.42. The lowest BCUT2D eigenvalue weighted by Crippen LogP contribution is -2.27. The molecule has 138 valence electrons. The van der Waals surface area contributed by atoms with E-state index in [2.05, 4.69) is 58.8 Å². The molecule has 3 aromatic rings. The number of amides is 1. The van der Waals surface area contributed by atoms with Crippen molar-refractivity contribution in [3.05, 3.63) is 77.9 Å². The maximum atomic E-state index is 12.0. The predicted molar refractivity (Wildman–Crippen MR) is 111 cm³/mol. The zero-order valence-corrected chi connectivity index (χ0v) is 16.2. The van der Waals surface area contributed by atoms with Crippen molar-refractivity contribution in [2.45, 2.75) is 24.8 Å². The highest BCUT2D eigenvalue weighted by Crippen LogP contribution is 2.20. The summed E-state index contributed by atoms with van der Waals surface area (Å²) in [5, 5.41) is 12.2. The fourth-order valence-electron chi connectivity index (χ4n) is 2.64. The number of hydrogen-bond donors (Lipinski definition) is 1. The average molecular weight is 378 g/mol. The van der Waals surface area contributed by atoms with E-state index in [4.69, 9.17) is 0 Å². The van der Waals surface area contributed by atoms with Crippen LogP contribution in [0.4, 0.5) is 0 Å². The van der Waals surface area contributed by atoms with Crippen LogP contribution in [0.1, 0.15) is 18.1 Å². The first kappa shape index (κ1) is 19.1. The van der Waals surface area contributed by atoms with Gasteiger partial charge in [0.2, 0.25) is 5.91 Å². The maximum absolute atomic E-state index is 12.0. The molecular formula is C22H23N3OS. The van der Waals surface area contributed by atoms with Crippen LogP contribution in [-0.4, -0.2) is 28.4 Å². The first-order chi connectivity index (χ1) is 13.2. The van der Waals surface area contributed by atoms with Crippen molar-refractivity contribution < 1.29 is 4.79 Å². The molecule has 1 N–H and O–H groups in total. The lowest BCUT2D eigenvalue weighted by Gasteiger charge is -2.06. The molecule has 1 amide bonds. The van der Waals surface area contributed by atoms with Crippen molar-refractivity contribution in [1.82, 2.24) is 15.5 Å². The first-order valence-electron chi connectivity index (χ1n) is 9.11. The normalized spacial score (nSPS) is 10.6. The molecule has 1 heterocycles. The van der Waals surface area contributed by atoms with Crippen LogP contribution in [0.5, 0.6) is 0 Å². The number of nitrogens with zero attached hydrogens (tertiary/aromatic N) is 2. The third-order valence-electron chi connectivity index (χ3n) is 4.23. The number of benzene rings is 2. The molecular weight excluding hydrogens is 354 g/mol. The Hall–Kier alpha value is -2.66. The van der Waals surface area contributed by atoms with Crippen LogP contribution in [-0.2, 0) is 17.6 Å². The first-order valence-corrected chi connectivity index (χ1v) is 10.1. The van der Waals surface area contributed by atoms with Crippen molar-refractivity contribution in [3.8, 4) is 11.3 Å². The van der Waals surface area contributed by atoms with Gasteiger partial charge < -0.3 is 5.32 Å². The van der Waals surface area contributed by atoms with Crippen molar-refractivity contribution in [2.24, 2.45) is 0 Å². The largest absolute Gasteiger partial charge is 0.355 e. The standard InChI is InChI=1S/C22H23N3OS/c1-2-17-8-10-19(11-9-17)20-12-13-22(25-24-20)27-16-21(26)23-15-14-18-6-4-3-5-7-18/h3-13H,2,14-16H2,1H3,(H,23,26). The lowest BCUT2D eigenvalue weighted by atomic mass is 10.1. The number of hydrogen-bond acceptors (Lipinski definition) is 4. The quantitative estimate of drug-likeness (QED) is 0.599. The zero-order valence-electron chi connectivity index (χ0n) is 15.4. The van der Waals surface area contributed by atoms with E-state index in [1.807, 2.05) is 30.3 Å². The van der Waals surface area contributed by atoms with Crippen molar-refractivity contribution in [1.29, 1.82) is 0 Å². The van der Waals surface area contributed by atoms with E-state index >= 15 is 0 Å². The number of rotatable bonds is 8. The molecule has 0 unspecified atom stereocenters. The topological polar surface area (TPSA) is 54.9 Å². The minimum absolute atomic E-state index is 0.0111. The van der Waals surface area contributed by atoms with Crippen LogP contribution in [0.15, 0.2) is 71.8 Å². The summed E-state index contributed by atoms with van der Waals surface area (Å²) in [6.45, 7) is 2.78. The van der Waals surface area contributed by atoms with E-state index in [9.17, 15) is 4.79 Å². The summed E-state index contributed by atoms with van der Waals surface area (Å²) < 4.78 is 0. The number of carbonyl (C=O) groups is 1. The minimum atomic E-state index is 0.0111. The van der Waals surface area contributed by atoms with Gasteiger partial charge in [-0.15, -0.1) is 10.2 Å². The molecule has 4 nitrogen and oxygen atoms in total. The number of nitrogens with one attached hydrogen (secondary N) is 1. The van der Waals surface area contributed by atoms with Gasteiger partial charge in [0, 0.05) is 12.1 Å². The smallest absolute Gasteiger partial charge is 0.230 e. The van der Waals surface area contributed by atoms with E-state index in [0.29, 0.717) is 12.3 Å². The number of carbonyl (C=O) groups excluding carboxylic acids is 1. The van der Waals surface area contributed by atoms with E-state index in [1.165, 1.54) is 22.9 Å². The van der Waals surface area contributed by atoms with E-state index in [0.717, 1.165) is 29.1 Å². The van der Waals surface area contributed by atoms with Gasteiger partial charge in [-0.05, 0) is 36.1 Å². The molecule has 0 atom stereocenters. The third-order valence-corrected chi connectivity index (χ3v) is 5.15. The summed E-state index contributed by atoms with van der Waals surface area (Å²) in [5.74, 6) is 0.352. The summed E-state index contributed by atoms with van der Waals surface area (Å²) in [6.07, 6.45) is 1.86. The van der Waals surface area contributed by atoms with Crippen LogP contribution in [0.25, 0.3) is 11.3 Å². The molecule has 0 radical (unpaired) electrons. The van der Waals surface area contributed by atoms with Crippen molar-refractivity contribution >= 4 is 17.7 Å². The van der Waals surface area contributed by atoms with Crippen molar-refractivity contribution in [3.63, 3.8) is 0 Å². The van der Waals surface area contributed by atoms with Gasteiger partial charge in [0.25, 0.3) is 0 Å². The van der Waals surface area contributed by atoms with Gasteiger partial charge in [-0.2, -0.15) is 0 Å². The molecule has 27 heavy (non-hydrogen) atoms. The Morgan fingerprint density at radius 2 is 1.70 bits per heavy atom. The number of aromatic nitrogens is 2. The fourth-order valence-corrected chi connectivity index (χ4v) is 3.29. The molecule has 1 aromatic heterocycles. The molecule has 0 saturated heterocycles. The van der Waals surface area contributed by atoms with Gasteiger partial charge in [0.15, 0.2) is 0 Å². The van der Waals surface area contributed by atoms with Gasteiger partial charge in [-0.3, -0.25) is 4.79 Å². The average Bonchev–Trinajstić information content (AvgIpc) is 2.73. The fraction of sp³-hybridized carbons (Fsp3) is 0.227. The highest BCUT2D eigenvalue weighted by Gasteiger charge is 2.06. The van der Waals surface area contributed by atoms with E-state index < -0.39 is 0 Å². The second-order valence-corrected chi connectivity index (χ2v) is 7.18. The molecule has 0 aliphatic carbocycles. The molecule has 3 rings (SSSR count). The van der Waals surface area contributed by atoms with Gasteiger partial charge in [0.1, 0.15) is 5.03 Å². The van der Waals surface area contributed by atoms with Crippen LogP contribution < -0.4 is 5.32 Å². The molecule has 0 bridgehead atoms. The Morgan fingerprint density at radius 3 is 2.37 bits per heavy atom. The van der Waals surface area contributed by atoms with Crippen LogP contribution in [0.2, 0.25) is 0 Å². The predicted octanol–water partition coefficient (Wildman–Crippen LogP) is 4.16. The summed E-state index contributed by atoms with van der Waals surface area (Å²) in [4.78, 5) is 12.0. The summed E-state index contributed by atoms with van der Waals surface area (Å²) >= 11 is 1.40. The number of thioether (sulfide) groups is 1. The van der Waals surface area contributed by atoms with Gasteiger partial charge in [0.05, 0.1) is 11.4 Å². The van der Waals surface area contributed by atoms with Gasteiger partial charge in [-0.1, -0.05) is 73.3 Å². The Kier molecular flexibility index (Phi) is 6.99. The molecule has 5 heteroatoms. The maximum Gasteiger partial charge on any atom is 0.230 e. The zero-order chi connectivity index (χ0) is 18.9. The highest BCUT2D eigenvalue weighted by molar-refractivity contribution is 7.99. The van der Waals surface area contributed by atoms with Crippen molar-refractivity contribution in [2.75, 3.05) is 12.3 Å². The van der Waals surface area contributed by atoms with Crippen LogP contribution in [0.3, 0.4) is 0 Å². The molecule has 0 aliphatic rings. The Bertz CT molecular complexity index is 849. The molecule has 0 fully saturated rings. The Morgan fingerprint density at radius 1 is 0.926 bits per heavy atom. The van der Waals surface area contributed by atoms with Crippen LogP contribution in [0, 0.1) is 0 Å². The molecule has 0 aliphatic heterocycles. The second-order valence-electron chi connectivity index (χ2n) is 6.18. The van der Waals surface area contributed by atoms with Gasteiger partial charge >= 0.3 is 0 Å². The van der Waals surface area contributed by atoms with E-state index in [-0.39, 0.29) is 5.91 Å². The molecule has 0 saturated carbocycles. The van der Waals surface area contributed by atoms with Gasteiger partial charge in [-0.25, -0.2) is 0 Å². The summed E-state index contributed by atoms with van der Waals surface area (Å²) in [7, 11) is 0. The third kappa shape index (κ3) is 5.93. The monoisotopic (exact) mass is 377 g/mol.